The van der Waals surface area contributed by atoms with Crippen molar-refractivity contribution in [3.63, 3.8) is 0 Å². The smallest absolute Gasteiger partial charge is 0.172 e. The molecule has 0 bridgehead atoms. The third-order valence-corrected chi connectivity index (χ3v) is 3.24. The maximum absolute atomic E-state index is 10.8. The lowest BCUT2D eigenvalue weighted by molar-refractivity contribution is 0.111. The topological polar surface area (TPSA) is 68.0 Å². The van der Waals surface area contributed by atoms with Crippen LogP contribution in [-0.2, 0) is 13.0 Å². The van der Waals surface area contributed by atoms with Crippen molar-refractivity contribution in [2.75, 3.05) is 6.61 Å². The van der Waals surface area contributed by atoms with Gasteiger partial charge in [-0.05, 0) is 19.3 Å². The Kier molecular flexibility index (Phi) is 3.05. The number of rotatable bonds is 6. The number of hydrogen-bond donors (Lipinski definition) is 1. The van der Waals surface area contributed by atoms with Crippen molar-refractivity contribution < 1.29 is 9.90 Å². The summed E-state index contributed by atoms with van der Waals surface area (Å²) in [5, 5.41) is 17.1. The normalized spacial score (nSPS) is 17.4. The average molecular weight is 223 g/mol. The lowest BCUT2D eigenvalue weighted by Gasteiger charge is -2.13. The second kappa shape index (κ2) is 4.33. The Hall–Kier alpha value is -1.23. The average Bonchev–Trinajstić information content (AvgIpc) is 2.98. The van der Waals surface area contributed by atoms with Crippen molar-refractivity contribution in [2.45, 2.75) is 39.2 Å². The molecule has 0 atom stereocenters. The van der Waals surface area contributed by atoms with Gasteiger partial charge in [0.2, 0.25) is 0 Å². The van der Waals surface area contributed by atoms with E-state index in [-0.39, 0.29) is 12.0 Å². The number of aldehydes is 1. The summed E-state index contributed by atoms with van der Waals surface area (Å²) in [4.78, 5) is 10.8. The molecule has 1 fully saturated rings. The van der Waals surface area contributed by atoms with Crippen LogP contribution in [0.3, 0.4) is 0 Å². The van der Waals surface area contributed by atoms with Crippen LogP contribution < -0.4 is 0 Å². The van der Waals surface area contributed by atoms with Gasteiger partial charge in [-0.15, -0.1) is 5.10 Å². The molecular weight excluding hydrogens is 206 g/mol. The summed E-state index contributed by atoms with van der Waals surface area (Å²) in [6.45, 7) is 2.93. The van der Waals surface area contributed by atoms with Crippen LogP contribution in [0.1, 0.15) is 42.4 Å². The lowest BCUT2D eigenvalue weighted by atomic mass is 10.1. The molecule has 1 aliphatic carbocycles. The first-order chi connectivity index (χ1) is 7.74. The van der Waals surface area contributed by atoms with Crippen LogP contribution in [0.4, 0.5) is 0 Å². The molecule has 1 N–H and O–H groups in total. The second-order valence-electron chi connectivity index (χ2n) is 4.60. The molecule has 16 heavy (non-hydrogen) atoms. The third-order valence-electron chi connectivity index (χ3n) is 3.24. The first-order valence-electron chi connectivity index (χ1n) is 5.73. The van der Waals surface area contributed by atoms with Crippen molar-refractivity contribution in [3.8, 4) is 0 Å². The zero-order valence-electron chi connectivity index (χ0n) is 9.52. The Morgan fingerprint density at radius 2 is 2.31 bits per heavy atom. The molecule has 1 aromatic rings. The van der Waals surface area contributed by atoms with Crippen LogP contribution >= 0.6 is 0 Å². The van der Waals surface area contributed by atoms with Gasteiger partial charge < -0.3 is 5.11 Å². The van der Waals surface area contributed by atoms with Gasteiger partial charge in [-0.25, -0.2) is 4.68 Å². The Balaban J connectivity index is 2.19. The third kappa shape index (κ3) is 2.00. The van der Waals surface area contributed by atoms with Gasteiger partial charge in [0, 0.05) is 5.41 Å². The number of aliphatic hydroxyl groups excluding tert-OH is 1. The van der Waals surface area contributed by atoms with Gasteiger partial charge in [0.1, 0.15) is 5.69 Å². The summed E-state index contributed by atoms with van der Waals surface area (Å²) < 4.78 is 1.79. The van der Waals surface area contributed by atoms with E-state index in [2.05, 4.69) is 17.2 Å². The van der Waals surface area contributed by atoms with E-state index in [0.29, 0.717) is 12.2 Å². The highest BCUT2D eigenvalue weighted by atomic mass is 16.3. The summed E-state index contributed by atoms with van der Waals surface area (Å²) in [6.07, 6.45) is 4.59. The Bertz CT molecular complexity index is 383. The largest absolute Gasteiger partial charge is 0.396 e. The zero-order chi connectivity index (χ0) is 11.6. The molecule has 0 aromatic carbocycles. The lowest BCUT2D eigenvalue weighted by Crippen LogP contribution is -2.18. The van der Waals surface area contributed by atoms with Crippen LogP contribution in [0.5, 0.6) is 0 Å². The SMILES string of the molecule is CCCc1c(C=O)nnn1CC1(CO)CC1. The molecule has 1 saturated carbocycles. The Labute approximate surface area is 94.5 Å². The van der Waals surface area contributed by atoms with Crippen LogP contribution in [0.25, 0.3) is 0 Å². The fraction of sp³-hybridized carbons (Fsp3) is 0.727. The molecule has 0 radical (unpaired) electrons. The highest BCUT2D eigenvalue weighted by Crippen LogP contribution is 2.46. The van der Waals surface area contributed by atoms with E-state index < -0.39 is 0 Å². The first kappa shape index (κ1) is 11.3. The van der Waals surface area contributed by atoms with Crippen LogP contribution in [0, 0.1) is 5.41 Å². The van der Waals surface area contributed by atoms with Gasteiger partial charge in [-0.3, -0.25) is 4.79 Å². The maximum atomic E-state index is 10.8. The molecule has 0 spiro atoms. The van der Waals surface area contributed by atoms with E-state index >= 15 is 0 Å². The summed E-state index contributed by atoms with van der Waals surface area (Å²) in [6, 6.07) is 0. The summed E-state index contributed by atoms with van der Waals surface area (Å²) >= 11 is 0. The fourth-order valence-corrected chi connectivity index (χ4v) is 1.92. The summed E-state index contributed by atoms with van der Waals surface area (Å²) in [5.41, 5.74) is 1.34. The van der Waals surface area contributed by atoms with Crippen molar-refractivity contribution in [1.82, 2.24) is 15.0 Å². The predicted octanol–water partition coefficient (Wildman–Crippen LogP) is 0.816. The minimum absolute atomic E-state index is 0.00363. The molecule has 0 saturated heterocycles. The molecule has 2 rings (SSSR count). The van der Waals surface area contributed by atoms with Gasteiger partial charge in [0.15, 0.2) is 6.29 Å². The number of aliphatic hydroxyl groups is 1. The van der Waals surface area contributed by atoms with Gasteiger partial charge in [0.05, 0.1) is 18.8 Å². The number of aromatic nitrogens is 3. The highest BCUT2D eigenvalue weighted by Gasteiger charge is 2.43. The summed E-state index contributed by atoms with van der Waals surface area (Å²) in [5.74, 6) is 0. The van der Waals surface area contributed by atoms with Gasteiger partial charge in [-0.2, -0.15) is 0 Å². The molecule has 5 heteroatoms. The number of hydrogen-bond acceptors (Lipinski definition) is 4. The quantitative estimate of drug-likeness (QED) is 0.725. The molecule has 1 aromatic heterocycles. The zero-order valence-corrected chi connectivity index (χ0v) is 9.52. The second-order valence-corrected chi connectivity index (χ2v) is 4.60. The van der Waals surface area contributed by atoms with E-state index in [1.54, 1.807) is 4.68 Å². The molecular formula is C11H17N3O2. The Morgan fingerprint density at radius 1 is 1.56 bits per heavy atom. The monoisotopic (exact) mass is 223 g/mol. The van der Waals surface area contributed by atoms with Gasteiger partial charge in [-0.1, -0.05) is 18.6 Å². The molecule has 0 amide bonds. The van der Waals surface area contributed by atoms with Crippen molar-refractivity contribution in [2.24, 2.45) is 5.41 Å². The van der Waals surface area contributed by atoms with Crippen molar-refractivity contribution >= 4 is 6.29 Å². The van der Waals surface area contributed by atoms with Crippen molar-refractivity contribution in [3.05, 3.63) is 11.4 Å². The number of carbonyl (C=O) groups excluding carboxylic acids is 1. The van der Waals surface area contributed by atoms with Gasteiger partial charge in [0.25, 0.3) is 0 Å². The van der Waals surface area contributed by atoms with E-state index in [9.17, 15) is 9.90 Å². The molecule has 1 aliphatic rings. The molecule has 0 unspecified atom stereocenters. The van der Waals surface area contributed by atoms with Crippen molar-refractivity contribution in [1.29, 1.82) is 0 Å². The predicted molar refractivity (Wildman–Crippen MR) is 58.2 cm³/mol. The highest BCUT2D eigenvalue weighted by molar-refractivity contribution is 5.73. The van der Waals surface area contributed by atoms with E-state index in [0.717, 1.165) is 37.7 Å². The molecule has 88 valence electrons. The standard InChI is InChI=1S/C11H17N3O2/c1-2-3-10-9(6-15)12-13-14(10)7-11(8-16)4-5-11/h6,16H,2-5,7-8H2,1H3. The van der Waals surface area contributed by atoms with Crippen LogP contribution in [-0.4, -0.2) is 33.0 Å². The number of nitrogens with zero attached hydrogens (tertiary/aromatic N) is 3. The minimum atomic E-state index is -0.00363. The van der Waals surface area contributed by atoms with Crippen LogP contribution in [0.2, 0.25) is 0 Å². The minimum Gasteiger partial charge on any atom is -0.396 e. The van der Waals surface area contributed by atoms with Gasteiger partial charge >= 0.3 is 0 Å². The fourth-order valence-electron chi connectivity index (χ4n) is 1.92. The van der Waals surface area contributed by atoms with E-state index in [4.69, 9.17) is 0 Å². The Morgan fingerprint density at radius 3 is 2.81 bits per heavy atom. The molecule has 5 nitrogen and oxygen atoms in total. The molecule has 1 heterocycles. The van der Waals surface area contributed by atoms with E-state index in [1.807, 2.05) is 0 Å². The maximum Gasteiger partial charge on any atom is 0.172 e. The summed E-state index contributed by atoms with van der Waals surface area (Å²) in [7, 11) is 0. The van der Waals surface area contributed by atoms with E-state index in [1.165, 1.54) is 0 Å². The molecule has 0 aliphatic heterocycles. The number of carbonyl (C=O) groups is 1. The first-order valence-corrected chi connectivity index (χ1v) is 5.73. The van der Waals surface area contributed by atoms with Crippen LogP contribution in [0.15, 0.2) is 0 Å².